The van der Waals surface area contributed by atoms with E-state index >= 15 is 0 Å². The van der Waals surface area contributed by atoms with E-state index in [-0.39, 0.29) is 30.4 Å². The zero-order valence-corrected chi connectivity index (χ0v) is 16.5. The van der Waals surface area contributed by atoms with Gasteiger partial charge in [0.1, 0.15) is 0 Å². The summed E-state index contributed by atoms with van der Waals surface area (Å²) in [5.41, 5.74) is 0.758. The fraction of sp³-hybridized carbons (Fsp3) is 0.588. The van der Waals surface area contributed by atoms with Gasteiger partial charge in [0.05, 0.1) is 11.3 Å². The molecular weight excluding hydrogens is 410 g/mol. The van der Waals surface area contributed by atoms with Crippen LogP contribution in [0.4, 0.5) is 5.69 Å². The molecule has 2 rings (SSSR count). The van der Waals surface area contributed by atoms with Crippen LogP contribution in [0.15, 0.2) is 22.7 Å². The van der Waals surface area contributed by atoms with Gasteiger partial charge in [0, 0.05) is 35.7 Å². The SMILES string of the molecule is Cl.O=C(Cc1ccc([N+](=O)[O-])cc1Br)NCCNC1CCCCCC1. The molecule has 0 aliphatic heterocycles. The molecule has 0 spiro atoms. The fourth-order valence-corrected chi connectivity index (χ4v) is 3.50. The number of nitrogens with zero attached hydrogens (tertiary/aromatic N) is 1. The van der Waals surface area contributed by atoms with Gasteiger partial charge in [-0.05, 0) is 18.4 Å². The molecule has 8 heteroatoms. The van der Waals surface area contributed by atoms with Crippen LogP contribution in [0, 0.1) is 10.1 Å². The number of hydrogen-bond donors (Lipinski definition) is 2. The summed E-state index contributed by atoms with van der Waals surface area (Å²) < 4.78 is 0.587. The Bertz CT molecular complexity index is 578. The van der Waals surface area contributed by atoms with Crippen molar-refractivity contribution < 1.29 is 9.72 Å². The fourth-order valence-electron chi connectivity index (χ4n) is 2.99. The number of nitro groups is 1. The number of non-ortho nitro benzene ring substituents is 1. The van der Waals surface area contributed by atoms with Crippen LogP contribution in [0.5, 0.6) is 0 Å². The highest BCUT2D eigenvalue weighted by Crippen LogP contribution is 2.23. The highest BCUT2D eigenvalue weighted by Gasteiger charge is 2.13. The third-order valence-electron chi connectivity index (χ3n) is 4.33. The van der Waals surface area contributed by atoms with Gasteiger partial charge < -0.3 is 10.6 Å². The van der Waals surface area contributed by atoms with E-state index in [0.29, 0.717) is 17.1 Å². The Labute approximate surface area is 162 Å². The van der Waals surface area contributed by atoms with Crippen molar-refractivity contribution >= 4 is 39.9 Å². The van der Waals surface area contributed by atoms with Gasteiger partial charge in [-0.25, -0.2) is 0 Å². The van der Waals surface area contributed by atoms with Crippen molar-refractivity contribution in [2.45, 2.75) is 51.0 Å². The first-order valence-electron chi connectivity index (χ1n) is 8.49. The zero-order valence-electron chi connectivity index (χ0n) is 14.1. The molecule has 1 aliphatic carbocycles. The molecule has 1 amide bonds. The molecule has 25 heavy (non-hydrogen) atoms. The maximum Gasteiger partial charge on any atom is 0.270 e. The average molecular weight is 435 g/mol. The summed E-state index contributed by atoms with van der Waals surface area (Å²) in [4.78, 5) is 22.3. The molecule has 1 aromatic rings. The topological polar surface area (TPSA) is 84.3 Å². The van der Waals surface area contributed by atoms with Crippen LogP contribution in [-0.2, 0) is 11.2 Å². The smallest absolute Gasteiger partial charge is 0.270 e. The normalized spacial score (nSPS) is 15.1. The van der Waals surface area contributed by atoms with Crippen LogP contribution in [-0.4, -0.2) is 30.0 Å². The van der Waals surface area contributed by atoms with Gasteiger partial charge in [0.15, 0.2) is 0 Å². The molecule has 1 fully saturated rings. The molecule has 0 aromatic heterocycles. The van der Waals surface area contributed by atoms with Crippen LogP contribution in [0.2, 0.25) is 0 Å². The van der Waals surface area contributed by atoms with E-state index in [4.69, 9.17) is 0 Å². The molecule has 6 nitrogen and oxygen atoms in total. The van der Waals surface area contributed by atoms with Crippen molar-refractivity contribution in [3.05, 3.63) is 38.3 Å². The molecule has 1 aliphatic rings. The molecule has 0 saturated heterocycles. The first kappa shape index (κ1) is 21.9. The van der Waals surface area contributed by atoms with E-state index in [9.17, 15) is 14.9 Å². The Morgan fingerprint density at radius 1 is 1.20 bits per heavy atom. The van der Waals surface area contributed by atoms with Gasteiger partial charge in [0.25, 0.3) is 5.69 Å². The number of amides is 1. The van der Waals surface area contributed by atoms with Crippen molar-refractivity contribution in [3.8, 4) is 0 Å². The van der Waals surface area contributed by atoms with E-state index in [0.717, 1.165) is 12.1 Å². The number of carbonyl (C=O) groups excluding carboxylic acids is 1. The van der Waals surface area contributed by atoms with Crippen LogP contribution in [0.1, 0.15) is 44.1 Å². The van der Waals surface area contributed by atoms with Gasteiger partial charge in [-0.1, -0.05) is 47.7 Å². The Balaban J connectivity index is 0.00000312. The minimum absolute atomic E-state index is 0. The maximum absolute atomic E-state index is 12.0. The standard InChI is InChI=1S/C17H24BrN3O3.ClH/c18-16-12-15(21(23)24)8-7-13(16)11-17(22)20-10-9-19-14-5-3-1-2-4-6-14;/h7-8,12,14,19H,1-6,9-11H2,(H,20,22);1H. The Morgan fingerprint density at radius 3 is 2.48 bits per heavy atom. The summed E-state index contributed by atoms with van der Waals surface area (Å²) in [6.45, 7) is 1.37. The summed E-state index contributed by atoms with van der Waals surface area (Å²) in [7, 11) is 0. The van der Waals surface area contributed by atoms with E-state index in [2.05, 4.69) is 26.6 Å². The van der Waals surface area contributed by atoms with Crippen molar-refractivity contribution in [2.24, 2.45) is 0 Å². The van der Waals surface area contributed by atoms with Gasteiger partial charge in [-0.2, -0.15) is 0 Å². The van der Waals surface area contributed by atoms with Crippen molar-refractivity contribution in [3.63, 3.8) is 0 Å². The van der Waals surface area contributed by atoms with E-state index in [1.165, 1.54) is 50.7 Å². The number of carbonyl (C=O) groups is 1. The number of benzene rings is 1. The molecule has 2 N–H and O–H groups in total. The van der Waals surface area contributed by atoms with Gasteiger partial charge >= 0.3 is 0 Å². The molecule has 1 saturated carbocycles. The zero-order chi connectivity index (χ0) is 17.4. The Hall–Kier alpha value is -1.18. The minimum atomic E-state index is -0.451. The highest BCUT2D eigenvalue weighted by molar-refractivity contribution is 9.10. The lowest BCUT2D eigenvalue weighted by Gasteiger charge is -2.16. The van der Waals surface area contributed by atoms with Crippen LogP contribution in [0.3, 0.4) is 0 Å². The predicted octanol–water partition coefficient (Wildman–Crippen LogP) is 3.75. The van der Waals surface area contributed by atoms with Crippen molar-refractivity contribution in [1.29, 1.82) is 0 Å². The molecule has 0 heterocycles. The molecule has 0 bridgehead atoms. The monoisotopic (exact) mass is 433 g/mol. The lowest BCUT2D eigenvalue weighted by atomic mass is 10.1. The van der Waals surface area contributed by atoms with Gasteiger partial charge in [0.2, 0.25) is 5.91 Å². The second-order valence-corrected chi connectivity index (χ2v) is 7.06. The molecule has 140 valence electrons. The number of nitro benzene ring substituents is 1. The number of hydrogen-bond acceptors (Lipinski definition) is 4. The van der Waals surface area contributed by atoms with Gasteiger partial charge in [-0.3, -0.25) is 14.9 Å². The maximum atomic E-state index is 12.0. The van der Waals surface area contributed by atoms with E-state index < -0.39 is 4.92 Å². The largest absolute Gasteiger partial charge is 0.355 e. The van der Waals surface area contributed by atoms with E-state index in [1.807, 2.05) is 0 Å². The third-order valence-corrected chi connectivity index (χ3v) is 5.07. The van der Waals surface area contributed by atoms with Crippen LogP contribution < -0.4 is 10.6 Å². The molecule has 0 radical (unpaired) electrons. The van der Waals surface area contributed by atoms with Crippen molar-refractivity contribution in [1.82, 2.24) is 10.6 Å². The predicted molar refractivity (Wildman–Crippen MR) is 104 cm³/mol. The highest BCUT2D eigenvalue weighted by atomic mass is 79.9. The first-order valence-corrected chi connectivity index (χ1v) is 9.28. The number of rotatable bonds is 7. The lowest BCUT2D eigenvalue weighted by Crippen LogP contribution is -2.37. The molecule has 0 atom stereocenters. The summed E-state index contributed by atoms with van der Waals surface area (Å²) in [5.74, 6) is -0.0766. The molecule has 0 unspecified atom stereocenters. The van der Waals surface area contributed by atoms with Crippen molar-refractivity contribution in [2.75, 3.05) is 13.1 Å². The third kappa shape index (κ3) is 7.71. The minimum Gasteiger partial charge on any atom is -0.355 e. The molecule has 1 aromatic carbocycles. The number of nitrogens with one attached hydrogen (secondary N) is 2. The lowest BCUT2D eigenvalue weighted by molar-refractivity contribution is -0.384. The average Bonchev–Trinajstić information content (AvgIpc) is 2.82. The summed E-state index contributed by atoms with van der Waals surface area (Å²) in [5, 5.41) is 17.1. The first-order chi connectivity index (χ1) is 11.6. The summed E-state index contributed by atoms with van der Waals surface area (Å²) >= 11 is 3.29. The Kier molecular flexibility index (Phi) is 10.0. The molecular formula is C17H25BrClN3O3. The second kappa shape index (κ2) is 11.4. The van der Waals surface area contributed by atoms with Crippen LogP contribution in [0.25, 0.3) is 0 Å². The second-order valence-electron chi connectivity index (χ2n) is 6.20. The van der Waals surface area contributed by atoms with E-state index in [1.54, 1.807) is 6.07 Å². The summed E-state index contributed by atoms with van der Waals surface area (Å²) in [6, 6.07) is 5.04. The quantitative estimate of drug-likeness (QED) is 0.296. The number of halogens is 2. The summed E-state index contributed by atoms with van der Waals surface area (Å²) in [6.07, 6.45) is 7.91. The Morgan fingerprint density at radius 2 is 1.88 bits per heavy atom. The van der Waals surface area contributed by atoms with Crippen LogP contribution >= 0.6 is 28.3 Å². The van der Waals surface area contributed by atoms with Gasteiger partial charge in [-0.15, -0.1) is 12.4 Å².